The van der Waals surface area contributed by atoms with E-state index in [9.17, 15) is 4.79 Å². The Balaban J connectivity index is 2.72. The quantitative estimate of drug-likeness (QED) is 0.862. The van der Waals surface area contributed by atoms with Crippen molar-refractivity contribution in [2.24, 2.45) is 0 Å². The molecular formula is C9H4BrClO2S. The molecule has 14 heavy (non-hydrogen) atoms. The molecule has 0 radical (unpaired) electrons. The zero-order chi connectivity index (χ0) is 10.3. The van der Waals surface area contributed by atoms with Crippen molar-refractivity contribution >= 4 is 54.9 Å². The summed E-state index contributed by atoms with van der Waals surface area (Å²) in [6.07, 6.45) is 0. The molecule has 2 rings (SSSR count). The van der Waals surface area contributed by atoms with Crippen LogP contribution in [0.1, 0.15) is 9.67 Å². The van der Waals surface area contributed by atoms with Gasteiger partial charge in [0.15, 0.2) is 0 Å². The van der Waals surface area contributed by atoms with Gasteiger partial charge in [0.1, 0.15) is 4.88 Å². The van der Waals surface area contributed by atoms with E-state index in [4.69, 9.17) is 16.7 Å². The van der Waals surface area contributed by atoms with Gasteiger partial charge in [0.25, 0.3) is 0 Å². The maximum atomic E-state index is 10.7. The molecule has 1 N–H and O–H groups in total. The molecule has 0 saturated heterocycles. The van der Waals surface area contributed by atoms with Crippen molar-refractivity contribution in [3.8, 4) is 0 Å². The highest BCUT2D eigenvalue weighted by atomic mass is 79.9. The number of thiophene rings is 1. The van der Waals surface area contributed by atoms with Crippen LogP contribution in [0.25, 0.3) is 10.1 Å². The number of halogens is 2. The number of carboxylic acid groups (broad SMARTS) is 1. The van der Waals surface area contributed by atoms with Gasteiger partial charge in [0.05, 0.1) is 5.02 Å². The van der Waals surface area contributed by atoms with Crippen LogP contribution in [0.2, 0.25) is 5.02 Å². The third kappa shape index (κ3) is 1.65. The van der Waals surface area contributed by atoms with Gasteiger partial charge in [0.2, 0.25) is 0 Å². The largest absolute Gasteiger partial charge is 0.477 e. The van der Waals surface area contributed by atoms with Gasteiger partial charge >= 0.3 is 5.97 Å². The fraction of sp³-hybridized carbons (Fsp3) is 0. The molecule has 0 spiro atoms. The molecule has 0 aliphatic carbocycles. The fourth-order valence-corrected chi connectivity index (χ4v) is 2.65. The van der Waals surface area contributed by atoms with Crippen molar-refractivity contribution in [1.82, 2.24) is 0 Å². The molecule has 0 amide bonds. The van der Waals surface area contributed by atoms with Gasteiger partial charge in [-0.1, -0.05) is 11.6 Å². The summed E-state index contributed by atoms with van der Waals surface area (Å²) < 4.78 is 1.66. The Bertz CT molecular complexity index is 482. The first kappa shape index (κ1) is 9.96. The van der Waals surface area contributed by atoms with E-state index in [0.29, 0.717) is 9.90 Å². The van der Waals surface area contributed by atoms with Crippen LogP contribution in [0.3, 0.4) is 0 Å². The first-order valence-electron chi connectivity index (χ1n) is 3.70. The number of hydrogen-bond donors (Lipinski definition) is 1. The fourth-order valence-electron chi connectivity index (χ4n) is 1.14. The SMILES string of the molecule is O=C(O)c1cc2cc(Br)c(Cl)cc2s1. The zero-order valence-corrected chi connectivity index (χ0v) is 9.91. The third-order valence-electron chi connectivity index (χ3n) is 1.77. The minimum absolute atomic E-state index is 0.328. The molecule has 5 heteroatoms. The van der Waals surface area contributed by atoms with Crippen LogP contribution in [0.4, 0.5) is 0 Å². The van der Waals surface area contributed by atoms with Crippen molar-refractivity contribution < 1.29 is 9.90 Å². The Hall–Kier alpha value is -0.580. The molecule has 1 aromatic carbocycles. The summed E-state index contributed by atoms with van der Waals surface area (Å²) in [7, 11) is 0. The monoisotopic (exact) mass is 290 g/mol. The summed E-state index contributed by atoms with van der Waals surface area (Å²) in [5.41, 5.74) is 0. The van der Waals surface area contributed by atoms with E-state index in [0.717, 1.165) is 14.6 Å². The average molecular weight is 292 g/mol. The molecule has 0 saturated carbocycles. The molecule has 0 atom stereocenters. The molecule has 0 aliphatic heterocycles. The predicted molar refractivity (Wildman–Crippen MR) is 61.5 cm³/mol. The third-order valence-corrected chi connectivity index (χ3v) is 4.05. The number of carbonyl (C=O) groups is 1. The second-order valence-corrected chi connectivity index (χ2v) is 5.07. The molecular weight excluding hydrogens is 288 g/mol. The van der Waals surface area contributed by atoms with Crippen LogP contribution in [-0.2, 0) is 0 Å². The lowest BCUT2D eigenvalue weighted by Crippen LogP contribution is -1.89. The zero-order valence-electron chi connectivity index (χ0n) is 6.75. The summed E-state index contributed by atoms with van der Waals surface area (Å²) in [6.45, 7) is 0. The van der Waals surface area contributed by atoms with E-state index >= 15 is 0 Å². The van der Waals surface area contributed by atoms with Gasteiger partial charge in [-0.2, -0.15) is 0 Å². The lowest BCUT2D eigenvalue weighted by Gasteiger charge is -1.94. The Labute approximate surface area is 97.2 Å². The van der Waals surface area contributed by atoms with Gasteiger partial charge in [-0.05, 0) is 39.5 Å². The van der Waals surface area contributed by atoms with E-state index in [2.05, 4.69) is 15.9 Å². The van der Waals surface area contributed by atoms with Gasteiger partial charge in [-0.25, -0.2) is 4.79 Å². The van der Waals surface area contributed by atoms with Crippen LogP contribution in [0, 0.1) is 0 Å². The number of rotatable bonds is 1. The Kier molecular flexibility index (Phi) is 2.51. The summed E-state index contributed by atoms with van der Waals surface area (Å²) >= 11 is 10.4. The first-order chi connectivity index (χ1) is 6.58. The van der Waals surface area contributed by atoms with E-state index in [1.165, 1.54) is 11.3 Å². The second-order valence-electron chi connectivity index (χ2n) is 2.72. The van der Waals surface area contributed by atoms with Gasteiger partial charge < -0.3 is 5.11 Å². The van der Waals surface area contributed by atoms with E-state index in [-0.39, 0.29) is 0 Å². The van der Waals surface area contributed by atoms with Crippen molar-refractivity contribution in [3.05, 3.63) is 32.6 Å². The molecule has 1 heterocycles. The maximum Gasteiger partial charge on any atom is 0.345 e. The summed E-state index contributed by atoms with van der Waals surface area (Å²) in [6, 6.07) is 5.22. The Morgan fingerprint density at radius 3 is 2.79 bits per heavy atom. The van der Waals surface area contributed by atoms with Crippen molar-refractivity contribution in [2.45, 2.75) is 0 Å². The lowest BCUT2D eigenvalue weighted by molar-refractivity contribution is 0.0702. The number of fused-ring (bicyclic) bond motifs is 1. The van der Waals surface area contributed by atoms with Crippen LogP contribution in [0.15, 0.2) is 22.7 Å². The van der Waals surface area contributed by atoms with Crippen LogP contribution < -0.4 is 0 Å². The topological polar surface area (TPSA) is 37.3 Å². The number of benzene rings is 1. The highest BCUT2D eigenvalue weighted by molar-refractivity contribution is 9.10. The first-order valence-corrected chi connectivity index (χ1v) is 5.68. The molecule has 1 aromatic heterocycles. The number of hydrogen-bond acceptors (Lipinski definition) is 2. The number of carboxylic acids is 1. The predicted octanol–water partition coefficient (Wildman–Crippen LogP) is 4.02. The molecule has 0 aliphatic rings. The standard InChI is InChI=1S/C9H4BrClO2S/c10-5-1-4-2-8(9(12)13)14-7(4)3-6(5)11/h1-3H,(H,12,13). The molecule has 0 fully saturated rings. The lowest BCUT2D eigenvalue weighted by atomic mass is 10.2. The minimum atomic E-state index is -0.904. The number of aromatic carboxylic acids is 1. The van der Waals surface area contributed by atoms with E-state index in [1.807, 2.05) is 6.07 Å². The minimum Gasteiger partial charge on any atom is -0.477 e. The molecule has 0 bridgehead atoms. The second kappa shape index (κ2) is 3.53. The summed E-state index contributed by atoms with van der Waals surface area (Å²) in [5, 5.41) is 10.3. The van der Waals surface area contributed by atoms with Crippen LogP contribution >= 0.6 is 38.9 Å². The van der Waals surface area contributed by atoms with Crippen LogP contribution in [0.5, 0.6) is 0 Å². The summed E-state index contributed by atoms with van der Waals surface area (Å²) in [4.78, 5) is 11.0. The highest BCUT2D eigenvalue weighted by Gasteiger charge is 2.09. The summed E-state index contributed by atoms with van der Waals surface area (Å²) in [5.74, 6) is -0.904. The average Bonchev–Trinajstić information content (AvgIpc) is 2.48. The molecule has 72 valence electrons. The smallest absolute Gasteiger partial charge is 0.345 e. The van der Waals surface area contributed by atoms with Crippen molar-refractivity contribution in [3.63, 3.8) is 0 Å². The normalized spacial score (nSPS) is 10.7. The van der Waals surface area contributed by atoms with Crippen LogP contribution in [-0.4, -0.2) is 11.1 Å². The molecule has 2 aromatic rings. The Morgan fingerprint density at radius 2 is 2.14 bits per heavy atom. The van der Waals surface area contributed by atoms with Crippen molar-refractivity contribution in [1.29, 1.82) is 0 Å². The van der Waals surface area contributed by atoms with E-state index in [1.54, 1.807) is 12.1 Å². The Morgan fingerprint density at radius 1 is 1.43 bits per heavy atom. The molecule has 0 unspecified atom stereocenters. The molecule has 2 nitrogen and oxygen atoms in total. The van der Waals surface area contributed by atoms with E-state index < -0.39 is 5.97 Å². The van der Waals surface area contributed by atoms with Gasteiger partial charge in [-0.3, -0.25) is 0 Å². The highest BCUT2D eigenvalue weighted by Crippen LogP contribution is 2.33. The van der Waals surface area contributed by atoms with Crippen molar-refractivity contribution in [2.75, 3.05) is 0 Å². The van der Waals surface area contributed by atoms with Gasteiger partial charge in [0, 0.05) is 9.17 Å². The maximum absolute atomic E-state index is 10.7. The van der Waals surface area contributed by atoms with Gasteiger partial charge in [-0.15, -0.1) is 11.3 Å².